The molecule has 0 saturated carbocycles. The molecule has 1 aliphatic rings. The third kappa shape index (κ3) is 6.51. The molecule has 0 unspecified atom stereocenters. The molecule has 3 rings (SSSR count). The van der Waals surface area contributed by atoms with Gasteiger partial charge in [-0.15, -0.1) is 0 Å². The van der Waals surface area contributed by atoms with Gasteiger partial charge in [-0.1, -0.05) is 31.2 Å². The summed E-state index contributed by atoms with van der Waals surface area (Å²) in [4.78, 5) is 15.2. The lowest BCUT2D eigenvalue weighted by Gasteiger charge is -2.30. The second-order valence-corrected chi connectivity index (χ2v) is 9.74. The van der Waals surface area contributed by atoms with Crippen molar-refractivity contribution in [3.63, 3.8) is 0 Å². The molecule has 0 aliphatic carbocycles. The van der Waals surface area contributed by atoms with E-state index in [1.54, 1.807) is 6.92 Å². The zero-order valence-electron chi connectivity index (χ0n) is 18.5. The average molecular weight is 464 g/mol. The van der Waals surface area contributed by atoms with Crippen molar-refractivity contribution in [3.05, 3.63) is 65.5 Å². The molecule has 174 valence electrons. The van der Waals surface area contributed by atoms with Crippen LogP contribution in [0.15, 0.2) is 48.5 Å². The minimum absolute atomic E-state index is 0.253. The van der Waals surface area contributed by atoms with Gasteiger partial charge in [0, 0.05) is 26.2 Å². The maximum Gasteiger partial charge on any atom is 0.244 e. The van der Waals surface area contributed by atoms with Crippen LogP contribution in [0.2, 0.25) is 0 Å². The minimum atomic E-state index is -3.75. The van der Waals surface area contributed by atoms with Crippen molar-refractivity contribution in [1.82, 2.24) is 10.2 Å². The van der Waals surface area contributed by atoms with Crippen LogP contribution in [0.25, 0.3) is 0 Å². The highest BCUT2D eigenvalue weighted by molar-refractivity contribution is 7.92. The summed E-state index contributed by atoms with van der Waals surface area (Å²) in [5, 5.41) is 2.84. The first-order chi connectivity index (χ1) is 15.3. The number of hydrogen-bond acceptors (Lipinski definition) is 5. The summed E-state index contributed by atoms with van der Waals surface area (Å²) >= 11 is 0. The summed E-state index contributed by atoms with van der Waals surface area (Å²) < 4.78 is 44.6. The van der Waals surface area contributed by atoms with Crippen molar-refractivity contribution in [2.24, 2.45) is 0 Å². The van der Waals surface area contributed by atoms with E-state index in [0.29, 0.717) is 0 Å². The Balaban J connectivity index is 1.64. The fourth-order valence-corrected chi connectivity index (χ4v) is 4.95. The summed E-state index contributed by atoms with van der Waals surface area (Å²) in [6.07, 6.45) is 1.31. The van der Waals surface area contributed by atoms with Crippen LogP contribution < -0.4 is 9.62 Å². The molecule has 9 heteroatoms. The van der Waals surface area contributed by atoms with E-state index in [2.05, 4.69) is 10.2 Å². The molecule has 2 aromatic rings. The number of sulfonamides is 1. The van der Waals surface area contributed by atoms with Crippen molar-refractivity contribution >= 4 is 21.6 Å². The number of carbonyl (C=O) groups excluding carboxylic acids is 1. The maximum atomic E-state index is 13.3. The van der Waals surface area contributed by atoms with E-state index < -0.39 is 27.8 Å². The van der Waals surface area contributed by atoms with Crippen LogP contribution >= 0.6 is 0 Å². The average Bonchev–Trinajstić information content (AvgIpc) is 2.77. The van der Waals surface area contributed by atoms with Gasteiger partial charge < -0.3 is 10.1 Å². The van der Waals surface area contributed by atoms with Gasteiger partial charge >= 0.3 is 0 Å². The zero-order valence-corrected chi connectivity index (χ0v) is 19.3. The largest absolute Gasteiger partial charge is 0.379 e. The fraction of sp³-hybridized carbons (Fsp3) is 0.435. The van der Waals surface area contributed by atoms with Crippen LogP contribution in [-0.4, -0.2) is 57.8 Å². The van der Waals surface area contributed by atoms with Gasteiger partial charge in [0.25, 0.3) is 0 Å². The lowest BCUT2D eigenvalue weighted by molar-refractivity contribution is -0.122. The predicted molar refractivity (Wildman–Crippen MR) is 122 cm³/mol. The number of nitrogens with one attached hydrogen (secondary N) is 1. The number of hydrogen-bond donors (Lipinski definition) is 1. The normalized spacial score (nSPS) is 15.8. The van der Waals surface area contributed by atoms with Crippen molar-refractivity contribution in [2.75, 3.05) is 36.9 Å². The standard InChI is InChI=1S/C23H30FN3O4S/c1-3-22(27(32(2,29)30)21-10-8-20(24)9-11-21)23(28)25-16-18-4-6-19(7-5-18)17-26-12-14-31-15-13-26/h4-11,22H,3,12-17H2,1-2H3,(H,25,28)/t22-/m1/s1. The molecule has 0 bridgehead atoms. The molecule has 0 spiro atoms. The molecule has 1 saturated heterocycles. The zero-order chi connectivity index (χ0) is 23.1. The highest BCUT2D eigenvalue weighted by Gasteiger charge is 2.31. The Morgan fingerprint density at radius 3 is 2.25 bits per heavy atom. The molecule has 1 atom stereocenters. The van der Waals surface area contributed by atoms with Crippen molar-refractivity contribution < 1.29 is 22.3 Å². The van der Waals surface area contributed by atoms with Crippen LogP contribution in [-0.2, 0) is 32.6 Å². The number of ether oxygens (including phenoxy) is 1. The van der Waals surface area contributed by atoms with Crippen molar-refractivity contribution in [2.45, 2.75) is 32.5 Å². The summed E-state index contributed by atoms with van der Waals surface area (Å²) in [5.41, 5.74) is 2.36. The number of benzene rings is 2. The molecule has 0 aromatic heterocycles. The number of halogens is 1. The third-order valence-electron chi connectivity index (χ3n) is 5.41. The molecular formula is C23H30FN3O4S. The predicted octanol–water partition coefficient (Wildman–Crippen LogP) is 2.52. The van der Waals surface area contributed by atoms with E-state index in [1.807, 2.05) is 24.3 Å². The molecule has 1 aliphatic heterocycles. The van der Waals surface area contributed by atoms with Crippen LogP contribution in [0.3, 0.4) is 0 Å². The highest BCUT2D eigenvalue weighted by Crippen LogP contribution is 2.23. The number of morpholine rings is 1. The number of anilines is 1. The first-order valence-electron chi connectivity index (χ1n) is 10.7. The Morgan fingerprint density at radius 2 is 1.69 bits per heavy atom. The van der Waals surface area contributed by atoms with E-state index in [9.17, 15) is 17.6 Å². The Labute approximate surface area is 189 Å². The van der Waals surface area contributed by atoms with Crippen molar-refractivity contribution in [1.29, 1.82) is 0 Å². The Bertz CT molecular complexity index is 991. The summed E-state index contributed by atoms with van der Waals surface area (Å²) in [7, 11) is -3.75. The van der Waals surface area contributed by atoms with E-state index in [0.717, 1.165) is 49.0 Å². The van der Waals surface area contributed by atoms with Gasteiger partial charge in [-0.3, -0.25) is 14.0 Å². The molecule has 1 fully saturated rings. The molecule has 1 amide bonds. The van der Waals surface area contributed by atoms with Gasteiger partial charge in [-0.2, -0.15) is 0 Å². The second kappa shape index (κ2) is 10.9. The number of amides is 1. The number of carbonyl (C=O) groups is 1. The van der Waals surface area contributed by atoms with Crippen LogP contribution in [0.4, 0.5) is 10.1 Å². The fourth-order valence-electron chi connectivity index (χ4n) is 3.74. The van der Waals surface area contributed by atoms with Gasteiger partial charge in [0.15, 0.2) is 0 Å². The van der Waals surface area contributed by atoms with Gasteiger partial charge in [-0.05, 0) is 41.8 Å². The van der Waals surface area contributed by atoms with Gasteiger partial charge in [0.1, 0.15) is 11.9 Å². The number of rotatable bonds is 9. The lowest BCUT2D eigenvalue weighted by atomic mass is 10.1. The molecule has 2 aromatic carbocycles. The Morgan fingerprint density at radius 1 is 1.09 bits per heavy atom. The van der Waals surface area contributed by atoms with Crippen LogP contribution in [0.5, 0.6) is 0 Å². The molecule has 0 radical (unpaired) electrons. The number of nitrogens with zero attached hydrogens (tertiary/aromatic N) is 2. The van der Waals surface area contributed by atoms with Crippen molar-refractivity contribution in [3.8, 4) is 0 Å². The first-order valence-corrected chi connectivity index (χ1v) is 12.5. The third-order valence-corrected chi connectivity index (χ3v) is 6.59. The minimum Gasteiger partial charge on any atom is -0.379 e. The van der Waals surface area contributed by atoms with Gasteiger partial charge in [0.2, 0.25) is 15.9 Å². The highest BCUT2D eigenvalue weighted by atomic mass is 32.2. The van der Waals surface area contributed by atoms with E-state index in [1.165, 1.54) is 29.8 Å². The monoisotopic (exact) mass is 463 g/mol. The smallest absolute Gasteiger partial charge is 0.244 e. The Kier molecular flexibility index (Phi) is 8.22. The first kappa shape index (κ1) is 24.2. The van der Waals surface area contributed by atoms with E-state index in [-0.39, 0.29) is 18.7 Å². The SMILES string of the molecule is CC[C@H](C(=O)NCc1ccc(CN2CCOCC2)cc1)N(c1ccc(F)cc1)S(C)(=O)=O. The topological polar surface area (TPSA) is 79.0 Å². The summed E-state index contributed by atoms with van der Waals surface area (Å²) in [6, 6.07) is 12.1. The van der Waals surface area contributed by atoms with Gasteiger partial charge in [0.05, 0.1) is 25.2 Å². The maximum absolute atomic E-state index is 13.3. The van der Waals surface area contributed by atoms with E-state index >= 15 is 0 Å². The molecular weight excluding hydrogens is 433 g/mol. The molecule has 1 N–H and O–H groups in total. The summed E-state index contributed by atoms with van der Waals surface area (Å²) in [6.45, 7) is 6.23. The quantitative estimate of drug-likeness (QED) is 0.618. The van der Waals surface area contributed by atoms with Gasteiger partial charge in [-0.25, -0.2) is 12.8 Å². The summed E-state index contributed by atoms with van der Waals surface area (Å²) in [5.74, 6) is -0.878. The second-order valence-electron chi connectivity index (χ2n) is 7.88. The molecule has 32 heavy (non-hydrogen) atoms. The Hall–Kier alpha value is -2.49. The lowest BCUT2D eigenvalue weighted by Crippen LogP contribution is -2.49. The van der Waals surface area contributed by atoms with Crippen LogP contribution in [0, 0.1) is 5.82 Å². The van der Waals surface area contributed by atoms with Crippen LogP contribution in [0.1, 0.15) is 24.5 Å². The van der Waals surface area contributed by atoms with E-state index in [4.69, 9.17) is 4.74 Å². The molecule has 1 heterocycles. The molecule has 7 nitrogen and oxygen atoms in total.